The highest BCUT2D eigenvalue weighted by Gasteiger charge is 2.15. The summed E-state index contributed by atoms with van der Waals surface area (Å²) in [6, 6.07) is 11.2. The quantitative estimate of drug-likeness (QED) is 0.882. The van der Waals surface area contributed by atoms with Crippen LogP contribution in [0.25, 0.3) is 0 Å². The number of rotatable bonds is 5. The SMILES string of the molecule is Cc1cc(=O)cc(C)n1CC(=O)Nc1ccc(CN2CCC(C)CC2)cc1. The summed E-state index contributed by atoms with van der Waals surface area (Å²) in [6.45, 7) is 9.51. The van der Waals surface area contributed by atoms with Crippen molar-refractivity contribution in [1.82, 2.24) is 9.47 Å². The molecule has 1 fully saturated rings. The van der Waals surface area contributed by atoms with E-state index >= 15 is 0 Å². The molecule has 0 bridgehead atoms. The Morgan fingerprint density at radius 2 is 1.67 bits per heavy atom. The summed E-state index contributed by atoms with van der Waals surface area (Å²) in [5, 5.41) is 2.94. The zero-order valence-electron chi connectivity index (χ0n) is 16.5. The van der Waals surface area contributed by atoms with Gasteiger partial charge < -0.3 is 9.88 Å². The van der Waals surface area contributed by atoms with Gasteiger partial charge in [0.05, 0.1) is 0 Å². The summed E-state index contributed by atoms with van der Waals surface area (Å²) in [5.74, 6) is 0.747. The normalized spacial score (nSPS) is 15.7. The maximum absolute atomic E-state index is 12.4. The molecule has 1 saturated heterocycles. The Bertz CT molecular complexity index is 821. The number of benzene rings is 1. The van der Waals surface area contributed by atoms with Crippen molar-refractivity contribution in [2.45, 2.75) is 46.7 Å². The zero-order valence-corrected chi connectivity index (χ0v) is 16.5. The molecule has 1 aromatic carbocycles. The third-order valence-electron chi connectivity index (χ3n) is 5.38. The minimum atomic E-state index is -0.0948. The topological polar surface area (TPSA) is 54.3 Å². The number of piperidine rings is 1. The van der Waals surface area contributed by atoms with Crippen LogP contribution in [-0.2, 0) is 17.9 Å². The highest BCUT2D eigenvalue weighted by atomic mass is 16.2. The van der Waals surface area contributed by atoms with Crippen molar-refractivity contribution in [2.75, 3.05) is 18.4 Å². The maximum Gasteiger partial charge on any atom is 0.244 e. The van der Waals surface area contributed by atoms with Crippen molar-refractivity contribution < 1.29 is 4.79 Å². The van der Waals surface area contributed by atoms with Crippen LogP contribution in [0.15, 0.2) is 41.2 Å². The lowest BCUT2D eigenvalue weighted by molar-refractivity contribution is -0.116. The molecule has 5 nitrogen and oxygen atoms in total. The maximum atomic E-state index is 12.4. The summed E-state index contributed by atoms with van der Waals surface area (Å²) >= 11 is 0. The molecular formula is C22H29N3O2. The molecule has 5 heteroatoms. The van der Waals surface area contributed by atoms with Crippen LogP contribution in [0.4, 0.5) is 5.69 Å². The van der Waals surface area contributed by atoms with Gasteiger partial charge in [-0.2, -0.15) is 0 Å². The predicted molar refractivity (Wildman–Crippen MR) is 109 cm³/mol. The highest BCUT2D eigenvalue weighted by molar-refractivity contribution is 5.90. The molecule has 1 N–H and O–H groups in total. The number of anilines is 1. The van der Waals surface area contributed by atoms with Crippen LogP contribution in [0.3, 0.4) is 0 Å². The van der Waals surface area contributed by atoms with Gasteiger partial charge in [-0.05, 0) is 63.4 Å². The second kappa shape index (κ2) is 8.53. The average molecular weight is 367 g/mol. The lowest BCUT2D eigenvalue weighted by Crippen LogP contribution is -2.32. The van der Waals surface area contributed by atoms with E-state index in [-0.39, 0.29) is 17.9 Å². The number of nitrogens with zero attached hydrogens (tertiary/aromatic N) is 2. The van der Waals surface area contributed by atoms with E-state index in [1.165, 1.54) is 18.4 Å². The fourth-order valence-electron chi connectivity index (χ4n) is 3.65. The van der Waals surface area contributed by atoms with Gasteiger partial charge in [-0.15, -0.1) is 0 Å². The molecule has 3 rings (SSSR count). The van der Waals surface area contributed by atoms with Crippen LogP contribution in [0.2, 0.25) is 0 Å². The lowest BCUT2D eigenvalue weighted by Gasteiger charge is -2.30. The van der Waals surface area contributed by atoms with Crippen LogP contribution >= 0.6 is 0 Å². The first-order chi connectivity index (χ1) is 12.9. The van der Waals surface area contributed by atoms with Crippen molar-refractivity contribution >= 4 is 11.6 Å². The standard InChI is InChI=1S/C22H29N3O2/c1-16-8-10-24(11-9-16)14-19-4-6-20(7-5-19)23-22(27)15-25-17(2)12-21(26)13-18(25)3/h4-7,12-13,16H,8-11,14-15H2,1-3H3,(H,23,27). The fraction of sp³-hybridized carbons (Fsp3) is 0.455. The van der Waals surface area contributed by atoms with E-state index in [0.29, 0.717) is 0 Å². The molecule has 0 atom stereocenters. The Morgan fingerprint density at radius 1 is 1.07 bits per heavy atom. The van der Waals surface area contributed by atoms with Crippen molar-refractivity contribution in [3.8, 4) is 0 Å². The predicted octanol–water partition coefficient (Wildman–Crippen LogP) is 3.34. The highest BCUT2D eigenvalue weighted by Crippen LogP contribution is 2.19. The van der Waals surface area contributed by atoms with Crippen LogP contribution < -0.4 is 10.7 Å². The Balaban J connectivity index is 1.56. The smallest absolute Gasteiger partial charge is 0.244 e. The third-order valence-corrected chi connectivity index (χ3v) is 5.38. The lowest BCUT2D eigenvalue weighted by atomic mass is 9.99. The average Bonchev–Trinajstić information content (AvgIpc) is 2.62. The van der Waals surface area contributed by atoms with Gasteiger partial charge in [-0.25, -0.2) is 0 Å². The number of nitrogens with one attached hydrogen (secondary N) is 1. The van der Waals surface area contributed by atoms with E-state index in [1.807, 2.05) is 30.5 Å². The molecule has 0 aliphatic carbocycles. The molecule has 0 spiro atoms. The molecule has 2 aromatic rings. The van der Waals surface area contributed by atoms with Crippen LogP contribution in [0, 0.1) is 19.8 Å². The van der Waals surface area contributed by atoms with E-state index in [2.05, 4.69) is 29.3 Å². The number of aryl methyl sites for hydroxylation is 2. The van der Waals surface area contributed by atoms with Crippen molar-refractivity contribution in [1.29, 1.82) is 0 Å². The second-order valence-corrected chi connectivity index (χ2v) is 7.76. The third kappa shape index (κ3) is 5.30. The van der Waals surface area contributed by atoms with E-state index in [0.717, 1.165) is 42.6 Å². The molecule has 2 heterocycles. The van der Waals surface area contributed by atoms with Crippen molar-refractivity contribution in [3.05, 3.63) is 63.6 Å². The van der Waals surface area contributed by atoms with Crippen molar-refractivity contribution in [2.24, 2.45) is 5.92 Å². The Labute approximate surface area is 161 Å². The van der Waals surface area contributed by atoms with Gasteiger partial charge in [0, 0.05) is 35.8 Å². The fourth-order valence-corrected chi connectivity index (χ4v) is 3.65. The molecule has 144 valence electrons. The van der Waals surface area contributed by atoms with E-state index in [1.54, 1.807) is 12.1 Å². The van der Waals surface area contributed by atoms with Gasteiger partial charge in [0.1, 0.15) is 6.54 Å². The molecule has 27 heavy (non-hydrogen) atoms. The summed E-state index contributed by atoms with van der Waals surface area (Å²) in [5.41, 5.74) is 3.63. The number of amides is 1. The van der Waals surface area contributed by atoms with Crippen molar-refractivity contribution in [3.63, 3.8) is 0 Å². The molecule has 1 aliphatic heterocycles. The van der Waals surface area contributed by atoms with E-state index in [4.69, 9.17) is 0 Å². The number of aromatic nitrogens is 1. The Hall–Kier alpha value is -2.40. The minimum Gasteiger partial charge on any atom is -0.340 e. The Morgan fingerprint density at radius 3 is 2.26 bits per heavy atom. The van der Waals surface area contributed by atoms with Gasteiger partial charge in [0.25, 0.3) is 0 Å². The van der Waals surface area contributed by atoms with E-state index < -0.39 is 0 Å². The van der Waals surface area contributed by atoms with Gasteiger partial charge in [0.15, 0.2) is 5.43 Å². The number of carbonyl (C=O) groups excluding carboxylic acids is 1. The number of hydrogen-bond acceptors (Lipinski definition) is 3. The number of pyridine rings is 1. The monoisotopic (exact) mass is 367 g/mol. The molecule has 0 saturated carbocycles. The summed E-state index contributed by atoms with van der Waals surface area (Å²) in [6.07, 6.45) is 2.55. The summed E-state index contributed by atoms with van der Waals surface area (Å²) < 4.78 is 1.85. The molecule has 1 aliphatic rings. The van der Waals surface area contributed by atoms with E-state index in [9.17, 15) is 9.59 Å². The summed E-state index contributed by atoms with van der Waals surface area (Å²) in [4.78, 5) is 26.4. The summed E-state index contributed by atoms with van der Waals surface area (Å²) in [7, 11) is 0. The van der Waals surface area contributed by atoms with Crippen LogP contribution in [-0.4, -0.2) is 28.5 Å². The molecule has 1 amide bonds. The first kappa shape index (κ1) is 19.4. The van der Waals surface area contributed by atoms with Gasteiger partial charge >= 0.3 is 0 Å². The van der Waals surface area contributed by atoms with Gasteiger partial charge in [-0.1, -0.05) is 19.1 Å². The molecule has 0 radical (unpaired) electrons. The zero-order chi connectivity index (χ0) is 19.4. The first-order valence-electron chi connectivity index (χ1n) is 9.70. The Kier molecular flexibility index (Phi) is 6.11. The largest absolute Gasteiger partial charge is 0.340 e. The van der Waals surface area contributed by atoms with Crippen LogP contribution in [0.1, 0.15) is 36.7 Å². The minimum absolute atomic E-state index is 0.0274. The molecular weight excluding hydrogens is 338 g/mol. The first-order valence-corrected chi connectivity index (χ1v) is 9.70. The number of hydrogen-bond donors (Lipinski definition) is 1. The molecule has 0 unspecified atom stereocenters. The number of likely N-dealkylation sites (tertiary alicyclic amines) is 1. The van der Waals surface area contributed by atoms with Gasteiger partial charge in [0.2, 0.25) is 5.91 Å². The second-order valence-electron chi connectivity index (χ2n) is 7.76. The van der Waals surface area contributed by atoms with Crippen LogP contribution in [0.5, 0.6) is 0 Å². The molecule has 1 aromatic heterocycles. The number of carbonyl (C=O) groups is 1. The van der Waals surface area contributed by atoms with Gasteiger partial charge in [-0.3, -0.25) is 14.5 Å².